The number of ketones is 1. The topological polar surface area (TPSA) is 86.6 Å². The molecule has 1 amide bonds. The van der Waals surface area contributed by atoms with Crippen molar-refractivity contribution in [1.82, 2.24) is 5.32 Å². The molecule has 236 valence electrons. The van der Waals surface area contributed by atoms with E-state index in [0.29, 0.717) is 12.8 Å². The van der Waals surface area contributed by atoms with Gasteiger partial charge in [0.05, 0.1) is 18.8 Å². The summed E-state index contributed by atoms with van der Waals surface area (Å²) < 4.78 is 0. The van der Waals surface area contributed by atoms with Gasteiger partial charge in [-0.1, -0.05) is 121 Å². The van der Waals surface area contributed by atoms with Gasteiger partial charge in [0.15, 0.2) is 5.78 Å². The fraction of sp³-hybridized carbons (Fsp3) is 0.722. The molecule has 0 aromatic rings. The van der Waals surface area contributed by atoms with Gasteiger partial charge in [0.2, 0.25) is 5.91 Å². The number of unbranched alkanes of at least 4 members (excludes halogenated alkanes) is 15. The summed E-state index contributed by atoms with van der Waals surface area (Å²) in [4.78, 5) is 24.2. The summed E-state index contributed by atoms with van der Waals surface area (Å²) in [6.07, 6.45) is 37.1. The van der Waals surface area contributed by atoms with E-state index in [4.69, 9.17) is 0 Å². The highest BCUT2D eigenvalue weighted by atomic mass is 16.3. The Morgan fingerprint density at radius 3 is 1.85 bits per heavy atom. The van der Waals surface area contributed by atoms with Crippen LogP contribution in [0.25, 0.3) is 0 Å². The molecule has 0 unspecified atom stereocenters. The number of rotatable bonds is 29. The number of hydrogen-bond donors (Lipinski definition) is 3. The molecule has 0 spiro atoms. The molecule has 2 atom stereocenters. The van der Waals surface area contributed by atoms with Gasteiger partial charge in [-0.15, -0.1) is 0 Å². The molecule has 0 aliphatic rings. The highest BCUT2D eigenvalue weighted by Gasteiger charge is 2.17. The molecule has 0 rings (SSSR count). The summed E-state index contributed by atoms with van der Waals surface area (Å²) in [5, 5.41) is 22.7. The average molecular weight is 574 g/mol. The van der Waals surface area contributed by atoms with E-state index in [1.165, 1.54) is 70.6 Å². The average Bonchev–Trinajstić information content (AvgIpc) is 2.97. The third kappa shape index (κ3) is 27.9. The van der Waals surface area contributed by atoms with Gasteiger partial charge in [0.25, 0.3) is 0 Å². The summed E-state index contributed by atoms with van der Waals surface area (Å²) in [5.74, 6) is 0.0301. The fourth-order valence-corrected chi connectivity index (χ4v) is 4.57. The second-order valence-electron chi connectivity index (χ2n) is 11.3. The van der Waals surface area contributed by atoms with E-state index in [1.54, 1.807) is 12.2 Å². The Hall–Kier alpha value is -1.98. The molecule has 0 saturated carbocycles. The maximum atomic E-state index is 12.3. The molecule has 41 heavy (non-hydrogen) atoms. The van der Waals surface area contributed by atoms with Crippen LogP contribution in [0.15, 0.2) is 48.6 Å². The number of nitrogens with one attached hydrogen (secondary N) is 1. The predicted molar refractivity (Wildman–Crippen MR) is 175 cm³/mol. The van der Waals surface area contributed by atoms with Crippen LogP contribution in [0.5, 0.6) is 0 Å². The minimum absolute atomic E-state index is 0.139. The van der Waals surface area contributed by atoms with E-state index in [9.17, 15) is 19.8 Å². The van der Waals surface area contributed by atoms with Gasteiger partial charge in [-0.3, -0.25) is 9.59 Å². The van der Waals surface area contributed by atoms with Gasteiger partial charge in [-0.05, 0) is 63.9 Å². The van der Waals surface area contributed by atoms with Crippen molar-refractivity contribution >= 4 is 11.7 Å². The Kier molecular flexibility index (Phi) is 29.5. The lowest BCUT2D eigenvalue weighted by Crippen LogP contribution is -2.45. The van der Waals surface area contributed by atoms with E-state index >= 15 is 0 Å². The summed E-state index contributed by atoms with van der Waals surface area (Å²) in [6.45, 7) is 4.11. The Bertz CT molecular complexity index is 725. The Labute approximate surface area is 252 Å². The third-order valence-electron chi connectivity index (χ3n) is 7.23. The van der Waals surface area contributed by atoms with Crippen LogP contribution in [0.1, 0.15) is 149 Å². The summed E-state index contributed by atoms with van der Waals surface area (Å²) in [7, 11) is 0. The van der Waals surface area contributed by atoms with Crippen LogP contribution >= 0.6 is 0 Å². The molecule has 0 fully saturated rings. The first kappa shape index (κ1) is 39.0. The van der Waals surface area contributed by atoms with Crippen molar-refractivity contribution in [3.63, 3.8) is 0 Å². The molecular weight excluding hydrogens is 510 g/mol. The molecule has 0 heterocycles. The van der Waals surface area contributed by atoms with Gasteiger partial charge >= 0.3 is 0 Å². The first-order valence-electron chi connectivity index (χ1n) is 16.8. The largest absolute Gasteiger partial charge is 0.394 e. The van der Waals surface area contributed by atoms with Crippen molar-refractivity contribution < 1.29 is 19.8 Å². The van der Waals surface area contributed by atoms with E-state index in [2.05, 4.69) is 37.4 Å². The first-order chi connectivity index (χ1) is 20.0. The van der Waals surface area contributed by atoms with Crippen molar-refractivity contribution in [3.8, 4) is 0 Å². The molecule has 0 aromatic carbocycles. The Balaban J connectivity index is 3.80. The van der Waals surface area contributed by atoms with Crippen molar-refractivity contribution in [2.24, 2.45) is 0 Å². The second kappa shape index (κ2) is 31.0. The highest BCUT2D eigenvalue weighted by molar-refractivity contribution is 5.89. The van der Waals surface area contributed by atoms with Gasteiger partial charge in [0.1, 0.15) is 0 Å². The molecule has 0 radical (unpaired) electrons. The molecule has 0 saturated heterocycles. The van der Waals surface area contributed by atoms with Crippen LogP contribution in [0.4, 0.5) is 0 Å². The maximum Gasteiger partial charge on any atom is 0.220 e. The highest BCUT2D eigenvalue weighted by Crippen LogP contribution is 2.11. The van der Waals surface area contributed by atoms with Crippen molar-refractivity contribution in [3.05, 3.63) is 48.6 Å². The van der Waals surface area contributed by atoms with Gasteiger partial charge in [0, 0.05) is 12.8 Å². The molecule has 0 aromatic heterocycles. The zero-order chi connectivity index (χ0) is 30.2. The van der Waals surface area contributed by atoms with E-state index in [-0.39, 0.29) is 18.3 Å². The minimum atomic E-state index is -0.882. The molecule has 5 heteroatoms. The standard InChI is InChI=1S/C36H63NO4/c1-3-5-7-9-11-12-13-14-15-16-18-22-26-30-35(40)34(32-38)37-36(41)31-27-23-19-21-25-29-33(39)28-24-20-17-10-8-6-4-2/h7,9,17,20,24,26,28,30,34-35,38,40H,3-6,8,10-16,18-19,21-23,25,27,29,31-32H2,1-2H3,(H,37,41)/b9-7-,20-17-,28-24+,30-26+/t34-,35+/m0/s1. The number of hydrogen-bond acceptors (Lipinski definition) is 4. The SMILES string of the molecule is CCC/C=C\CCCCCCCC/C=C/[C@@H](O)[C@H](CO)NC(=O)CCCCCCCC(=O)/C=C/C=C\CCCCC. The smallest absolute Gasteiger partial charge is 0.220 e. The monoisotopic (exact) mass is 573 g/mol. The van der Waals surface area contributed by atoms with E-state index < -0.39 is 12.1 Å². The zero-order valence-electron chi connectivity index (χ0n) is 26.5. The van der Waals surface area contributed by atoms with Crippen LogP contribution in [0, 0.1) is 0 Å². The minimum Gasteiger partial charge on any atom is -0.394 e. The third-order valence-corrected chi connectivity index (χ3v) is 7.23. The van der Waals surface area contributed by atoms with Gasteiger partial charge < -0.3 is 15.5 Å². The summed E-state index contributed by atoms with van der Waals surface area (Å²) in [5.41, 5.74) is 0. The Morgan fingerprint density at radius 1 is 0.634 bits per heavy atom. The molecule has 0 aliphatic heterocycles. The first-order valence-corrected chi connectivity index (χ1v) is 16.8. The van der Waals surface area contributed by atoms with Crippen LogP contribution < -0.4 is 5.32 Å². The molecule has 3 N–H and O–H groups in total. The Morgan fingerprint density at radius 2 is 1.20 bits per heavy atom. The van der Waals surface area contributed by atoms with Crippen LogP contribution in [-0.4, -0.2) is 40.7 Å². The van der Waals surface area contributed by atoms with Crippen LogP contribution in [-0.2, 0) is 9.59 Å². The number of amides is 1. The number of aliphatic hydroxyl groups is 2. The van der Waals surface area contributed by atoms with Crippen molar-refractivity contribution in [1.29, 1.82) is 0 Å². The summed E-state index contributed by atoms with van der Waals surface area (Å²) in [6, 6.07) is -0.671. The molecule has 5 nitrogen and oxygen atoms in total. The quantitative estimate of drug-likeness (QED) is 0.0361. The number of carbonyl (C=O) groups excluding carboxylic acids is 2. The lowest BCUT2D eigenvalue weighted by atomic mass is 10.1. The van der Waals surface area contributed by atoms with Crippen molar-refractivity contribution in [2.45, 2.75) is 161 Å². The number of allylic oxidation sites excluding steroid dienone is 7. The summed E-state index contributed by atoms with van der Waals surface area (Å²) >= 11 is 0. The van der Waals surface area contributed by atoms with Crippen LogP contribution in [0.2, 0.25) is 0 Å². The van der Waals surface area contributed by atoms with Gasteiger partial charge in [-0.25, -0.2) is 0 Å². The molecule has 0 aliphatic carbocycles. The lowest BCUT2D eigenvalue weighted by Gasteiger charge is -2.20. The zero-order valence-corrected chi connectivity index (χ0v) is 26.5. The lowest BCUT2D eigenvalue weighted by molar-refractivity contribution is -0.123. The number of aliphatic hydroxyl groups excluding tert-OH is 2. The van der Waals surface area contributed by atoms with Crippen molar-refractivity contribution in [2.75, 3.05) is 6.61 Å². The molecule has 0 bridgehead atoms. The van der Waals surface area contributed by atoms with Gasteiger partial charge in [-0.2, -0.15) is 0 Å². The number of carbonyl (C=O) groups is 2. The predicted octanol–water partition coefficient (Wildman–Crippen LogP) is 8.85. The van der Waals surface area contributed by atoms with E-state index in [1.807, 2.05) is 18.2 Å². The second-order valence-corrected chi connectivity index (χ2v) is 11.3. The van der Waals surface area contributed by atoms with E-state index in [0.717, 1.165) is 51.4 Å². The fourth-order valence-electron chi connectivity index (χ4n) is 4.57. The maximum absolute atomic E-state index is 12.3. The van der Waals surface area contributed by atoms with Crippen LogP contribution in [0.3, 0.4) is 0 Å². The normalized spacial score (nSPS) is 13.7. The molecular formula is C36H63NO4.